The van der Waals surface area contributed by atoms with E-state index in [9.17, 15) is 69.9 Å². The number of rotatable bonds is 10. The molecule has 22 nitrogen and oxygen atoms in total. The lowest BCUT2D eigenvalue weighted by molar-refractivity contribution is -0.345. The molecule has 2 aliphatic heterocycles. The van der Waals surface area contributed by atoms with Crippen LogP contribution < -0.4 is 15.8 Å². The predicted octanol–water partition coefficient (Wildman–Crippen LogP) is -1.03. The van der Waals surface area contributed by atoms with Crippen LogP contribution in [0.3, 0.4) is 0 Å². The zero-order chi connectivity index (χ0) is 47.8. The van der Waals surface area contributed by atoms with Crippen molar-refractivity contribution in [2.45, 2.75) is 107 Å². The summed E-state index contributed by atoms with van der Waals surface area (Å²) >= 11 is 0. The highest BCUT2D eigenvalue weighted by Gasteiger charge is 2.53. The number of hydrogen-bond donors (Lipinski definition) is 11. The molecule has 65 heavy (non-hydrogen) atoms. The van der Waals surface area contributed by atoms with Gasteiger partial charge < -0.3 is 85.6 Å². The van der Waals surface area contributed by atoms with Crippen molar-refractivity contribution in [1.82, 2.24) is 10.2 Å². The van der Waals surface area contributed by atoms with E-state index in [0.717, 1.165) is 17.0 Å². The van der Waals surface area contributed by atoms with Crippen LogP contribution in [0.15, 0.2) is 24.3 Å². The Hall–Kier alpha value is -5.79. The van der Waals surface area contributed by atoms with Gasteiger partial charge in [-0.3, -0.25) is 24.0 Å². The van der Waals surface area contributed by atoms with Crippen molar-refractivity contribution < 1.29 is 93.6 Å². The number of carbonyl (C=O) groups excluding carboxylic acids is 4. The number of aryl methyl sites for hydroxylation is 1. The SMILES string of the molecule is COc1cc(O)c2c(c1)C(=O)c1c(cc3c(c1O)-c1c(cc(C)c(C(=O)N[C@H](C)C(=O)O)c1O)[C@H](O[C@@H]1O[C@H](C)[C@H](N(C)C(=O)[C@H](C)N)[C@H](O[C@@H]4OC[C@@H](O)[C@H](O)[C@H]4O)[C@H]1O)[C@H]3O)C2=O. The quantitative estimate of drug-likeness (QED) is 0.0906. The molecular weight excluding hydrogens is 862 g/mol. The number of aliphatic carboxylic acids is 1. The van der Waals surface area contributed by atoms with Gasteiger partial charge in [0.2, 0.25) is 5.91 Å². The number of nitrogens with zero attached hydrogens (tertiary/aromatic N) is 1. The third-order valence-corrected chi connectivity index (χ3v) is 12.2. The van der Waals surface area contributed by atoms with Crippen molar-refractivity contribution in [3.05, 3.63) is 68.8 Å². The first-order chi connectivity index (χ1) is 30.5. The molecule has 2 heterocycles. The lowest BCUT2D eigenvalue weighted by Crippen LogP contribution is -2.67. The summed E-state index contributed by atoms with van der Waals surface area (Å²) in [6.07, 6.45) is -17.1. The summed E-state index contributed by atoms with van der Waals surface area (Å²) in [4.78, 5) is 68.0. The van der Waals surface area contributed by atoms with E-state index in [-0.39, 0.29) is 28.0 Å². The second-order valence-corrected chi connectivity index (χ2v) is 16.5. The Morgan fingerprint density at radius 3 is 2.11 bits per heavy atom. The number of aliphatic hydroxyl groups excluding tert-OH is 5. The number of aromatic hydroxyl groups is 3. The average Bonchev–Trinajstić information content (AvgIpc) is 3.24. The molecule has 2 aliphatic carbocycles. The van der Waals surface area contributed by atoms with Crippen molar-refractivity contribution in [3.63, 3.8) is 0 Å². The molecule has 2 amide bonds. The molecule has 2 fully saturated rings. The number of carboxylic acids is 1. The Morgan fingerprint density at radius 2 is 1.48 bits per heavy atom. The van der Waals surface area contributed by atoms with Gasteiger partial charge >= 0.3 is 5.97 Å². The van der Waals surface area contributed by atoms with E-state index in [2.05, 4.69) is 5.32 Å². The monoisotopic (exact) mass is 911 g/mol. The summed E-state index contributed by atoms with van der Waals surface area (Å²) in [7, 11) is 2.60. The number of carboxylic acid groups (broad SMARTS) is 1. The molecule has 3 aromatic carbocycles. The predicted molar refractivity (Wildman–Crippen MR) is 218 cm³/mol. The smallest absolute Gasteiger partial charge is 0.325 e. The van der Waals surface area contributed by atoms with Crippen molar-refractivity contribution in [2.24, 2.45) is 5.73 Å². The highest BCUT2D eigenvalue weighted by Crippen LogP contribution is 2.57. The molecule has 350 valence electrons. The number of amides is 2. The van der Waals surface area contributed by atoms with Crippen LogP contribution in [0.5, 0.6) is 23.0 Å². The molecule has 3 aromatic rings. The number of benzene rings is 3. The van der Waals surface area contributed by atoms with Crippen LogP contribution in [0, 0.1) is 6.92 Å². The van der Waals surface area contributed by atoms with Gasteiger partial charge in [0.15, 0.2) is 24.1 Å². The molecule has 22 heteroatoms. The molecule has 0 radical (unpaired) electrons. The van der Waals surface area contributed by atoms with Gasteiger partial charge in [0.25, 0.3) is 5.91 Å². The lowest BCUT2D eigenvalue weighted by atomic mass is 9.74. The lowest BCUT2D eigenvalue weighted by Gasteiger charge is -2.49. The number of carbonyl (C=O) groups is 5. The van der Waals surface area contributed by atoms with Gasteiger partial charge in [-0.15, -0.1) is 0 Å². The summed E-state index contributed by atoms with van der Waals surface area (Å²) < 4.78 is 29.2. The molecule has 4 aliphatic rings. The standard InChI is InChI=1S/C43H49N3O19/c1-12-7-20-26(33(53)23(12)39(57)45-14(3)41(59)60)25-18(10-19-27(34(25)54)30(50)17-8-16(61-6)9-21(47)24(17)29(19)49)31(51)37(20)64-43-36(56)38(65-42-35(55)32(52)22(48)11-62-42)28(15(4)63-43)46(5)40(58)13(2)44/h7-10,13-15,22,28,31-32,35-38,42-43,47-48,51-56H,11,44H2,1-6H3,(H,45,57)(H,59,60)/t13-,14+,15+,22+,28-,31-,32-,35+,36+,37-,38-,42-,43-/m0/s1. The van der Waals surface area contributed by atoms with Crippen LogP contribution in [-0.2, 0) is 28.5 Å². The average molecular weight is 912 g/mol. The maximum Gasteiger partial charge on any atom is 0.325 e. The number of methoxy groups -OCH3 is 1. The minimum Gasteiger partial charge on any atom is -0.507 e. The van der Waals surface area contributed by atoms with Gasteiger partial charge in [-0.05, 0) is 56.5 Å². The van der Waals surface area contributed by atoms with E-state index in [1.54, 1.807) is 0 Å². The number of fused-ring (bicyclic) bond motifs is 5. The number of ketones is 2. The third kappa shape index (κ3) is 7.84. The molecule has 2 saturated heterocycles. The normalized spacial score (nSPS) is 29.1. The van der Waals surface area contributed by atoms with Gasteiger partial charge in [-0.25, -0.2) is 0 Å². The molecule has 0 aromatic heterocycles. The fourth-order valence-electron chi connectivity index (χ4n) is 8.88. The van der Waals surface area contributed by atoms with Gasteiger partial charge in [-0.2, -0.15) is 0 Å². The minimum absolute atomic E-state index is 0.00478. The van der Waals surface area contributed by atoms with Crippen LogP contribution in [0.2, 0.25) is 0 Å². The van der Waals surface area contributed by atoms with Crippen LogP contribution >= 0.6 is 0 Å². The fraction of sp³-hybridized carbons (Fsp3) is 0.465. The van der Waals surface area contributed by atoms with Crippen molar-refractivity contribution >= 4 is 29.4 Å². The van der Waals surface area contributed by atoms with Crippen LogP contribution in [0.25, 0.3) is 11.1 Å². The second kappa shape index (κ2) is 17.5. The number of likely N-dealkylation sites (N-methyl/N-ethyl adjacent to an activating group) is 1. The van der Waals surface area contributed by atoms with E-state index in [1.165, 1.54) is 54.0 Å². The van der Waals surface area contributed by atoms with E-state index in [0.29, 0.717) is 0 Å². The zero-order valence-electron chi connectivity index (χ0n) is 35.7. The molecule has 0 bridgehead atoms. The largest absolute Gasteiger partial charge is 0.507 e. The Bertz CT molecular complexity index is 2480. The van der Waals surface area contributed by atoms with Crippen molar-refractivity contribution in [1.29, 1.82) is 0 Å². The summed E-state index contributed by atoms with van der Waals surface area (Å²) in [5.74, 6) is -7.51. The first-order valence-corrected chi connectivity index (χ1v) is 20.3. The Labute approximate surface area is 369 Å². The molecule has 0 unspecified atom stereocenters. The van der Waals surface area contributed by atoms with E-state index in [1.807, 2.05) is 0 Å². The van der Waals surface area contributed by atoms with Gasteiger partial charge in [0.05, 0.1) is 48.6 Å². The highest BCUT2D eigenvalue weighted by atomic mass is 16.7. The number of aliphatic hydroxyl groups is 5. The van der Waals surface area contributed by atoms with E-state index < -0.39 is 166 Å². The summed E-state index contributed by atoms with van der Waals surface area (Å²) in [6, 6.07) is 0.842. The van der Waals surface area contributed by atoms with Crippen molar-refractivity contribution in [3.8, 4) is 34.1 Å². The zero-order valence-corrected chi connectivity index (χ0v) is 35.7. The van der Waals surface area contributed by atoms with Crippen molar-refractivity contribution in [2.75, 3.05) is 20.8 Å². The molecule has 7 rings (SSSR count). The maximum absolute atomic E-state index is 14.2. The summed E-state index contributed by atoms with van der Waals surface area (Å²) in [5.41, 5.74) is 2.11. The molecule has 12 N–H and O–H groups in total. The Balaban J connectivity index is 1.38. The van der Waals surface area contributed by atoms with Crippen LogP contribution in [-0.4, -0.2) is 168 Å². The maximum atomic E-state index is 14.2. The first kappa shape index (κ1) is 47.2. The molecule has 0 spiro atoms. The number of nitrogens with two attached hydrogens (primary N) is 1. The van der Waals surface area contributed by atoms with Gasteiger partial charge in [-0.1, -0.05) is 6.07 Å². The Morgan fingerprint density at radius 1 is 0.846 bits per heavy atom. The minimum atomic E-state index is -1.97. The van der Waals surface area contributed by atoms with E-state index in [4.69, 9.17) is 29.4 Å². The number of nitrogens with one attached hydrogen (secondary N) is 1. The van der Waals surface area contributed by atoms with Crippen LogP contribution in [0.1, 0.15) is 91.9 Å². The molecule has 0 saturated carbocycles. The molecule has 13 atom stereocenters. The Kier molecular flexibility index (Phi) is 12.7. The number of phenols is 3. The van der Waals surface area contributed by atoms with Gasteiger partial charge in [0.1, 0.15) is 71.8 Å². The summed E-state index contributed by atoms with van der Waals surface area (Å²) in [6.45, 7) is 4.91. The number of phenolic OH excluding ortho intramolecular Hbond substituents is 3. The topological polar surface area (TPSA) is 355 Å². The third-order valence-electron chi connectivity index (χ3n) is 12.2. The fourth-order valence-corrected chi connectivity index (χ4v) is 8.88. The van der Waals surface area contributed by atoms with Gasteiger partial charge in [0, 0.05) is 35.4 Å². The number of hydrogen-bond acceptors (Lipinski definition) is 19. The first-order valence-electron chi connectivity index (χ1n) is 20.3. The van der Waals surface area contributed by atoms with Crippen LogP contribution in [0.4, 0.5) is 0 Å². The summed E-state index contributed by atoms with van der Waals surface area (Å²) in [5, 5.41) is 102. The number of ether oxygens (including phenoxy) is 5. The van der Waals surface area contributed by atoms with E-state index >= 15 is 0 Å². The highest BCUT2D eigenvalue weighted by molar-refractivity contribution is 6.31. The second-order valence-electron chi connectivity index (χ2n) is 16.5. The molecular formula is C43H49N3O19.